The molecule has 0 saturated heterocycles. The first-order valence-electron chi connectivity index (χ1n) is 6.69. The Bertz CT molecular complexity index is 488. The average Bonchev–Trinajstić information content (AvgIpc) is 2.77. The lowest BCUT2D eigenvalue weighted by atomic mass is 10.1. The molecule has 1 amide bonds. The van der Waals surface area contributed by atoms with Crippen molar-refractivity contribution in [1.29, 1.82) is 0 Å². The van der Waals surface area contributed by atoms with Crippen LogP contribution in [0.15, 0.2) is 12.1 Å². The van der Waals surface area contributed by atoms with Crippen molar-refractivity contribution < 1.29 is 14.3 Å². The fourth-order valence-electron chi connectivity index (χ4n) is 2.25. The number of nitrogens with one attached hydrogen (secondary N) is 1. The first-order chi connectivity index (χ1) is 9.34. The maximum Gasteiger partial charge on any atom is 0.410 e. The lowest BCUT2D eigenvalue weighted by Gasteiger charge is -2.24. The van der Waals surface area contributed by atoms with Gasteiger partial charge in [-0.2, -0.15) is 0 Å². The number of methoxy groups -OCH3 is 1. The second-order valence-corrected chi connectivity index (χ2v) is 5.91. The predicted molar refractivity (Wildman–Crippen MR) is 78.0 cm³/mol. The van der Waals surface area contributed by atoms with Gasteiger partial charge in [0.25, 0.3) is 0 Å². The molecule has 1 aromatic carbocycles. The van der Waals surface area contributed by atoms with Crippen LogP contribution in [0, 0.1) is 0 Å². The van der Waals surface area contributed by atoms with Gasteiger partial charge in [-0.3, -0.25) is 4.90 Å². The fraction of sp³-hybridized carbons (Fsp3) is 0.533. The molecular weight excluding hydrogens is 256 g/mol. The van der Waals surface area contributed by atoms with Gasteiger partial charge in [0.1, 0.15) is 11.4 Å². The van der Waals surface area contributed by atoms with Crippen LogP contribution in [0.1, 0.15) is 31.9 Å². The van der Waals surface area contributed by atoms with Crippen LogP contribution in [0.3, 0.4) is 0 Å². The Morgan fingerprint density at radius 3 is 2.35 bits per heavy atom. The van der Waals surface area contributed by atoms with Gasteiger partial charge in [0.05, 0.1) is 12.8 Å². The molecule has 1 aromatic rings. The van der Waals surface area contributed by atoms with Crippen molar-refractivity contribution in [2.45, 2.75) is 39.5 Å². The molecule has 5 nitrogen and oxygen atoms in total. The lowest BCUT2D eigenvalue weighted by molar-refractivity contribution is 0.0242. The van der Waals surface area contributed by atoms with Gasteiger partial charge in [-0.25, -0.2) is 4.79 Å². The molecule has 0 aromatic heterocycles. The van der Waals surface area contributed by atoms with E-state index in [9.17, 15) is 4.79 Å². The van der Waals surface area contributed by atoms with Crippen LogP contribution in [0.2, 0.25) is 0 Å². The van der Waals surface area contributed by atoms with Gasteiger partial charge >= 0.3 is 6.09 Å². The zero-order valence-corrected chi connectivity index (χ0v) is 12.7. The summed E-state index contributed by atoms with van der Waals surface area (Å²) in [5.41, 5.74) is 2.68. The highest BCUT2D eigenvalue weighted by atomic mass is 16.6. The first kappa shape index (κ1) is 14.5. The summed E-state index contributed by atoms with van der Waals surface area (Å²) in [6, 6.07) is 4.00. The van der Waals surface area contributed by atoms with Crippen LogP contribution >= 0.6 is 0 Å². The summed E-state index contributed by atoms with van der Waals surface area (Å²) in [5, 5.41) is 3.10. The highest BCUT2D eigenvalue weighted by molar-refractivity contribution is 5.70. The normalized spacial score (nSPS) is 13.9. The summed E-state index contributed by atoms with van der Waals surface area (Å²) < 4.78 is 10.7. The van der Waals surface area contributed by atoms with Crippen LogP contribution in [0.4, 0.5) is 10.5 Å². The predicted octanol–water partition coefficient (Wildman–Crippen LogP) is 2.99. The van der Waals surface area contributed by atoms with Crippen LogP contribution < -0.4 is 10.1 Å². The molecule has 1 N–H and O–H groups in total. The van der Waals surface area contributed by atoms with Crippen molar-refractivity contribution >= 4 is 11.8 Å². The molecule has 1 aliphatic heterocycles. The van der Waals surface area contributed by atoms with E-state index in [-0.39, 0.29) is 6.09 Å². The summed E-state index contributed by atoms with van der Waals surface area (Å²) in [6.07, 6.45) is -0.279. The van der Waals surface area contributed by atoms with Crippen molar-refractivity contribution in [3.8, 4) is 5.75 Å². The summed E-state index contributed by atoms with van der Waals surface area (Å²) in [7, 11) is 3.49. The summed E-state index contributed by atoms with van der Waals surface area (Å²) in [6.45, 7) is 6.75. The van der Waals surface area contributed by atoms with E-state index in [1.807, 2.05) is 40.0 Å². The molecule has 0 radical (unpaired) electrons. The van der Waals surface area contributed by atoms with Gasteiger partial charge in [-0.1, -0.05) is 0 Å². The van der Waals surface area contributed by atoms with Crippen molar-refractivity contribution in [2.24, 2.45) is 0 Å². The molecule has 2 rings (SSSR count). The van der Waals surface area contributed by atoms with Crippen molar-refractivity contribution in [2.75, 3.05) is 19.5 Å². The molecule has 0 saturated carbocycles. The molecule has 5 heteroatoms. The molecular formula is C15H22N2O3. The largest absolute Gasteiger partial charge is 0.495 e. The SMILES string of the molecule is CNc1cc2c(cc1OC)CN(C(=O)OC(C)(C)C)C2. The molecule has 1 aliphatic rings. The van der Waals surface area contributed by atoms with E-state index in [1.54, 1.807) is 12.0 Å². The number of nitrogens with zero attached hydrogens (tertiary/aromatic N) is 1. The number of hydrogen-bond acceptors (Lipinski definition) is 4. The number of carbonyl (C=O) groups excluding carboxylic acids is 1. The quantitative estimate of drug-likeness (QED) is 0.903. The van der Waals surface area contributed by atoms with Crippen LogP contribution in [-0.4, -0.2) is 30.8 Å². The number of amides is 1. The molecule has 110 valence electrons. The van der Waals surface area contributed by atoms with Crippen molar-refractivity contribution in [3.63, 3.8) is 0 Å². The van der Waals surface area contributed by atoms with Crippen molar-refractivity contribution in [1.82, 2.24) is 4.90 Å². The Labute approximate surface area is 119 Å². The van der Waals surface area contributed by atoms with E-state index >= 15 is 0 Å². The standard InChI is InChI=1S/C15H22N2O3/c1-15(2,3)20-14(18)17-8-10-6-12(16-4)13(19-5)7-11(10)9-17/h6-7,16H,8-9H2,1-5H3. The van der Waals surface area contributed by atoms with Gasteiger partial charge in [-0.05, 0) is 44.0 Å². The zero-order valence-electron chi connectivity index (χ0n) is 12.7. The van der Waals surface area contributed by atoms with Gasteiger partial charge < -0.3 is 14.8 Å². The average molecular weight is 278 g/mol. The number of ether oxygens (including phenoxy) is 2. The fourth-order valence-corrected chi connectivity index (χ4v) is 2.25. The first-order valence-corrected chi connectivity index (χ1v) is 6.69. The third kappa shape index (κ3) is 2.98. The van der Waals surface area contributed by atoms with Gasteiger partial charge in [0.15, 0.2) is 0 Å². The Hall–Kier alpha value is -1.91. The van der Waals surface area contributed by atoms with E-state index in [4.69, 9.17) is 9.47 Å². The molecule has 0 bridgehead atoms. The maximum absolute atomic E-state index is 12.1. The minimum Gasteiger partial charge on any atom is -0.495 e. The Morgan fingerprint density at radius 1 is 1.25 bits per heavy atom. The highest BCUT2D eigenvalue weighted by Crippen LogP contribution is 2.33. The lowest BCUT2D eigenvalue weighted by Crippen LogP contribution is -2.33. The minimum absolute atomic E-state index is 0.279. The number of anilines is 1. The van der Waals surface area contributed by atoms with Crippen molar-refractivity contribution in [3.05, 3.63) is 23.3 Å². The van der Waals surface area contributed by atoms with E-state index in [0.717, 1.165) is 22.6 Å². The van der Waals surface area contributed by atoms with E-state index in [1.165, 1.54) is 0 Å². The maximum atomic E-state index is 12.1. The summed E-state index contributed by atoms with van der Waals surface area (Å²) in [4.78, 5) is 13.8. The third-order valence-corrected chi connectivity index (χ3v) is 3.17. The number of hydrogen-bond donors (Lipinski definition) is 1. The number of carbonyl (C=O) groups is 1. The Kier molecular flexibility index (Phi) is 3.79. The highest BCUT2D eigenvalue weighted by Gasteiger charge is 2.28. The Morgan fingerprint density at radius 2 is 1.85 bits per heavy atom. The second-order valence-electron chi connectivity index (χ2n) is 5.91. The molecule has 1 heterocycles. The molecule has 0 aliphatic carbocycles. The molecule has 20 heavy (non-hydrogen) atoms. The second kappa shape index (κ2) is 5.23. The monoisotopic (exact) mass is 278 g/mol. The number of benzene rings is 1. The zero-order chi connectivity index (χ0) is 14.9. The number of fused-ring (bicyclic) bond motifs is 1. The molecule has 0 fully saturated rings. The molecule has 0 unspecified atom stereocenters. The van der Waals surface area contributed by atoms with Crippen LogP contribution in [0.5, 0.6) is 5.75 Å². The number of rotatable bonds is 2. The van der Waals surface area contributed by atoms with Gasteiger partial charge in [-0.15, -0.1) is 0 Å². The van der Waals surface area contributed by atoms with E-state index in [2.05, 4.69) is 5.32 Å². The van der Waals surface area contributed by atoms with Gasteiger partial charge in [0, 0.05) is 20.1 Å². The minimum atomic E-state index is -0.473. The molecule has 0 atom stereocenters. The Balaban J connectivity index is 2.17. The third-order valence-electron chi connectivity index (χ3n) is 3.17. The topological polar surface area (TPSA) is 50.8 Å². The van der Waals surface area contributed by atoms with E-state index < -0.39 is 5.60 Å². The van der Waals surface area contributed by atoms with E-state index in [0.29, 0.717) is 13.1 Å². The van der Waals surface area contributed by atoms with Gasteiger partial charge in [0.2, 0.25) is 0 Å². The molecule has 0 spiro atoms. The smallest absolute Gasteiger partial charge is 0.410 e. The van der Waals surface area contributed by atoms with Crippen LogP contribution in [0.25, 0.3) is 0 Å². The summed E-state index contributed by atoms with van der Waals surface area (Å²) in [5.74, 6) is 0.789. The van der Waals surface area contributed by atoms with Crippen LogP contribution in [-0.2, 0) is 17.8 Å². The summed E-state index contributed by atoms with van der Waals surface area (Å²) >= 11 is 0.